The van der Waals surface area contributed by atoms with E-state index in [2.05, 4.69) is 4.98 Å². The van der Waals surface area contributed by atoms with Crippen molar-refractivity contribution >= 4 is 17.5 Å². The van der Waals surface area contributed by atoms with Crippen molar-refractivity contribution < 1.29 is 18.0 Å². The van der Waals surface area contributed by atoms with Crippen LogP contribution >= 0.6 is 11.6 Å². The zero-order valence-electron chi connectivity index (χ0n) is 7.31. The molecule has 0 aliphatic carbocycles. The maximum absolute atomic E-state index is 11.8. The van der Waals surface area contributed by atoms with Gasteiger partial charge in [0.2, 0.25) is 0 Å². The molecule has 1 heterocycles. The van der Waals surface area contributed by atoms with Crippen molar-refractivity contribution in [3.05, 3.63) is 29.0 Å². The van der Waals surface area contributed by atoms with Crippen molar-refractivity contribution in [2.75, 3.05) is 6.54 Å². The van der Waals surface area contributed by atoms with E-state index < -0.39 is 18.6 Å². The molecule has 0 aromatic carbocycles. The molecule has 0 bridgehead atoms. The number of carbonyl (C=O) groups is 1. The molecule has 7 heteroatoms. The summed E-state index contributed by atoms with van der Waals surface area (Å²) >= 11 is 5.52. The number of pyridine rings is 1. The summed E-state index contributed by atoms with van der Waals surface area (Å²) in [4.78, 5) is 14.7. The molecule has 0 radical (unpaired) electrons. The molecule has 0 aliphatic heterocycles. The van der Waals surface area contributed by atoms with Gasteiger partial charge in [-0.1, -0.05) is 11.6 Å². The first-order valence-electron chi connectivity index (χ1n) is 3.85. The highest BCUT2D eigenvalue weighted by Crippen LogP contribution is 2.14. The predicted octanol–water partition coefficient (Wildman–Crippen LogP) is 2.03. The van der Waals surface area contributed by atoms with E-state index in [1.165, 1.54) is 18.3 Å². The summed E-state index contributed by atoms with van der Waals surface area (Å²) < 4.78 is 35.3. The van der Waals surface area contributed by atoms with Crippen molar-refractivity contribution in [1.82, 2.24) is 10.3 Å². The molecular formula is C8H6ClF3N2O. The van der Waals surface area contributed by atoms with Crippen LogP contribution in [0.3, 0.4) is 0 Å². The Balaban J connectivity index is 2.66. The molecular weight excluding hydrogens is 233 g/mol. The Labute approximate surface area is 88.3 Å². The molecule has 1 aromatic heterocycles. The number of rotatable bonds is 2. The lowest BCUT2D eigenvalue weighted by atomic mass is 10.2. The third-order valence-corrected chi connectivity index (χ3v) is 1.75. The van der Waals surface area contributed by atoms with E-state index in [0.29, 0.717) is 0 Å². The number of aromatic nitrogens is 1. The first-order valence-corrected chi connectivity index (χ1v) is 4.23. The van der Waals surface area contributed by atoms with Gasteiger partial charge in [0.15, 0.2) is 0 Å². The van der Waals surface area contributed by atoms with E-state index in [4.69, 9.17) is 11.6 Å². The Morgan fingerprint density at radius 2 is 2.20 bits per heavy atom. The van der Waals surface area contributed by atoms with Crippen LogP contribution in [0.25, 0.3) is 0 Å². The smallest absolute Gasteiger partial charge is 0.343 e. The van der Waals surface area contributed by atoms with Gasteiger partial charge in [0.05, 0.1) is 5.56 Å². The average Bonchev–Trinajstić information content (AvgIpc) is 2.14. The minimum Gasteiger partial charge on any atom is -0.343 e. The number of amides is 1. The van der Waals surface area contributed by atoms with Crippen LogP contribution in [0, 0.1) is 0 Å². The molecule has 0 saturated heterocycles. The van der Waals surface area contributed by atoms with Gasteiger partial charge < -0.3 is 5.32 Å². The van der Waals surface area contributed by atoms with Gasteiger partial charge in [-0.25, -0.2) is 4.98 Å². The van der Waals surface area contributed by atoms with Crippen molar-refractivity contribution in [3.63, 3.8) is 0 Å². The lowest BCUT2D eigenvalue weighted by Gasteiger charge is -2.08. The van der Waals surface area contributed by atoms with Gasteiger partial charge in [0, 0.05) is 6.20 Å². The molecule has 1 aromatic rings. The van der Waals surface area contributed by atoms with E-state index >= 15 is 0 Å². The monoisotopic (exact) mass is 238 g/mol. The van der Waals surface area contributed by atoms with Gasteiger partial charge in [-0.15, -0.1) is 0 Å². The van der Waals surface area contributed by atoms with Gasteiger partial charge in [-0.05, 0) is 12.1 Å². The van der Waals surface area contributed by atoms with Crippen LogP contribution in [-0.4, -0.2) is 23.6 Å². The zero-order chi connectivity index (χ0) is 11.5. The molecule has 1 rings (SSSR count). The number of hydrogen-bond donors (Lipinski definition) is 1. The fraction of sp³-hybridized carbons (Fsp3) is 0.250. The highest BCUT2D eigenvalue weighted by Gasteiger charge is 2.28. The summed E-state index contributed by atoms with van der Waals surface area (Å²) in [5.74, 6) is -0.898. The number of carbonyl (C=O) groups excluding carboxylic acids is 1. The molecule has 1 N–H and O–H groups in total. The van der Waals surface area contributed by atoms with Crippen LogP contribution in [0.15, 0.2) is 18.3 Å². The van der Waals surface area contributed by atoms with Crippen LogP contribution in [0.4, 0.5) is 13.2 Å². The molecule has 0 aliphatic rings. The van der Waals surface area contributed by atoms with Crippen molar-refractivity contribution in [2.24, 2.45) is 0 Å². The number of nitrogens with one attached hydrogen (secondary N) is 1. The Kier molecular flexibility index (Phi) is 3.52. The molecule has 0 unspecified atom stereocenters. The molecule has 0 atom stereocenters. The van der Waals surface area contributed by atoms with Crippen LogP contribution in [0.1, 0.15) is 10.4 Å². The molecule has 0 fully saturated rings. The molecule has 3 nitrogen and oxygen atoms in total. The largest absolute Gasteiger partial charge is 0.405 e. The summed E-state index contributed by atoms with van der Waals surface area (Å²) in [7, 11) is 0. The third kappa shape index (κ3) is 3.75. The second kappa shape index (κ2) is 4.48. The minimum atomic E-state index is -4.44. The van der Waals surface area contributed by atoms with Gasteiger partial charge in [0.25, 0.3) is 5.91 Å². The van der Waals surface area contributed by atoms with Gasteiger partial charge in [-0.2, -0.15) is 13.2 Å². The van der Waals surface area contributed by atoms with Crippen LogP contribution < -0.4 is 5.32 Å². The summed E-state index contributed by atoms with van der Waals surface area (Å²) in [6.07, 6.45) is -3.10. The second-order valence-electron chi connectivity index (χ2n) is 2.64. The minimum absolute atomic E-state index is 0.0802. The lowest BCUT2D eigenvalue weighted by Crippen LogP contribution is -2.33. The fourth-order valence-corrected chi connectivity index (χ4v) is 1.04. The van der Waals surface area contributed by atoms with Crippen molar-refractivity contribution in [2.45, 2.75) is 6.18 Å². The first kappa shape index (κ1) is 11.8. The van der Waals surface area contributed by atoms with Gasteiger partial charge >= 0.3 is 6.18 Å². The first-order chi connectivity index (χ1) is 6.90. The summed E-state index contributed by atoms with van der Waals surface area (Å²) in [6, 6.07) is 2.70. The quantitative estimate of drug-likeness (QED) is 0.801. The maximum atomic E-state index is 11.8. The fourth-order valence-electron chi connectivity index (χ4n) is 0.831. The number of hydrogen-bond acceptors (Lipinski definition) is 2. The van der Waals surface area contributed by atoms with E-state index in [9.17, 15) is 18.0 Å². The second-order valence-corrected chi connectivity index (χ2v) is 3.00. The topological polar surface area (TPSA) is 42.0 Å². The Hall–Kier alpha value is -1.30. The molecule has 0 saturated carbocycles. The molecule has 15 heavy (non-hydrogen) atoms. The molecule has 1 amide bonds. The average molecular weight is 239 g/mol. The Bertz CT molecular complexity index is 367. The highest BCUT2D eigenvalue weighted by molar-refractivity contribution is 6.32. The number of nitrogens with zero attached hydrogens (tertiary/aromatic N) is 1. The van der Waals surface area contributed by atoms with Crippen LogP contribution in [0.2, 0.25) is 5.15 Å². The maximum Gasteiger partial charge on any atom is 0.405 e. The zero-order valence-corrected chi connectivity index (χ0v) is 8.06. The van der Waals surface area contributed by atoms with E-state index in [-0.39, 0.29) is 10.7 Å². The standard InChI is InChI=1S/C8H6ClF3N2O/c9-6-5(2-1-3-13-6)7(15)14-4-8(10,11)12/h1-3H,4H2,(H,14,15). The van der Waals surface area contributed by atoms with Gasteiger partial charge in [-0.3, -0.25) is 4.79 Å². The highest BCUT2D eigenvalue weighted by atomic mass is 35.5. The van der Waals surface area contributed by atoms with E-state index in [0.717, 1.165) is 0 Å². The summed E-state index contributed by atoms with van der Waals surface area (Å²) in [5, 5.41) is 1.56. The predicted molar refractivity (Wildman–Crippen MR) is 47.6 cm³/mol. The normalized spacial score (nSPS) is 11.2. The van der Waals surface area contributed by atoms with Crippen molar-refractivity contribution in [3.8, 4) is 0 Å². The number of halogens is 4. The Morgan fingerprint density at radius 1 is 1.53 bits per heavy atom. The molecule has 82 valence electrons. The summed E-state index contributed by atoms with van der Waals surface area (Å²) in [6.45, 7) is -1.39. The van der Waals surface area contributed by atoms with Gasteiger partial charge in [0.1, 0.15) is 11.7 Å². The number of alkyl halides is 3. The summed E-state index contributed by atoms with van der Waals surface area (Å²) in [5.41, 5.74) is -0.0802. The van der Waals surface area contributed by atoms with Crippen molar-refractivity contribution in [1.29, 1.82) is 0 Å². The molecule has 0 spiro atoms. The Morgan fingerprint density at radius 3 is 2.73 bits per heavy atom. The third-order valence-electron chi connectivity index (χ3n) is 1.45. The van der Waals surface area contributed by atoms with Crippen LogP contribution in [-0.2, 0) is 0 Å². The SMILES string of the molecule is O=C(NCC(F)(F)F)c1cccnc1Cl. The van der Waals surface area contributed by atoms with Crippen LogP contribution in [0.5, 0.6) is 0 Å². The lowest BCUT2D eigenvalue weighted by molar-refractivity contribution is -0.123. The van der Waals surface area contributed by atoms with E-state index in [1.807, 2.05) is 0 Å². The van der Waals surface area contributed by atoms with E-state index in [1.54, 1.807) is 5.32 Å².